The Morgan fingerprint density at radius 3 is 1.92 bits per heavy atom. The molecule has 2 atom stereocenters. The third-order valence-corrected chi connectivity index (χ3v) is 5.05. The highest BCUT2D eigenvalue weighted by molar-refractivity contribution is 6.23. The molecule has 0 radical (unpaired) electrons. The molecule has 26 heavy (non-hydrogen) atoms. The molecule has 0 aliphatic carbocycles. The van der Waals surface area contributed by atoms with Gasteiger partial charge in [0.25, 0.3) is 0 Å². The van der Waals surface area contributed by atoms with Crippen molar-refractivity contribution in [1.82, 2.24) is 0 Å². The van der Waals surface area contributed by atoms with Crippen molar-refractivity contribution < 1.29 is 4.74 Å². The van der Waals surface area contributed by atoms with Gasteiger partial charge in [-0.2, -0.15) is 0 Å². The summed E-state index contributed by atoms with van der Waals surface area (Å²) in [5.74, 6) is 1.12. The van der Waals surface area contributed by atoms with E-state index < -0.39 is 0 Å². The molecule has 0 aliphatic rings. The fourth-order valence-electron chi connectivity index (χ4n) is 3.47. The smallest absolute Gasteiger partial charge is 0.118 e. The minimum Gasteiger partial charge on any atom is -0.497 e. The van der Waals surface area contributed by atoms with Crippen LogP contribution in [0.3, 0.4) is 0 Å². The number of benzene rings is 3. The minimum atomic E-state index is -0.332. The Labute approximate surface area is 161 Å². The van der Waals surface area contributed by atoms with Crippen LogP contribution in [-0.4, -0.2) is 12.0 Å². The first-order chi connectivity index (χ1) is 12.6. The molecule has 2 heteroatoms. The zero-order valence-electron chi connectivity index (χ0n) is 15.4. The van der Waals surface area contributed by atoms with Crippen LogP contribution in [-0.2, 0) is 6.42 Å². The van der Waals surface area contributed by atoms with Crippen molar-refractivity contribution >= 4 is 11.6 Å². The molecule has 0 aromatic heterocycles. The second-order valence-electron chi connectivity index (χ2n) is 7.02. The molecular weight excluding hydrogens is 340 g/mol. The maximum absolute atomic E-state index is 7.00. The molecule has 0 spiro atoms. The summed E-state index contributed by atoms with van der Waals surface area (Å²) in [7, 11) is 1.69. The van der Waals surface area contributed by atoms with E-state index in [0.29, 0.717) is 0 Å². The van der Waals surface area contributed by atoms with Gasteiger partial charge in [-0.25, -0.2) is 0 Å². The molecule has 3 aromatic rings. The van der Waals surface area contributed by atoms with Crippen molar-refractivity contribution in [3.63, 3.8) is 0 Å². The van der Waals surface area contributed by atoms with Crippen LogP contribution in [0.4, 0.5) is 0 Å². The lowest BCUT2D eigenvalue weighted by Gasteiger charge is -2.29. The Morgan fingerprint density at radius 1 is 0.808 bits per heavy atom. The first kappa shape index (κ1) is 18.5. The molecule has 0 N–H and O–H groups in total. The van der Waals surface area contributed by atoms with Gasteiger partial charge in [-0.15, -0.1) is 11.6 Å². The molecule has 134 valence electrons. The zero-order valence-corrected chi connectivity index (χ0v) is 16.1. The number of halogens is 1. The first-order valence-electron chi connectivity index (χ1n) is 8.99. The van der Waals surface area contributed by atoms with E-state index in [4.69, 9.17) is 16.3 Å². The van der Waals surface area contributed by atoms with E-state index in [1.54, 1.807) is 7.11 Å². The highest BCUT2D eigenvalue weighted by atomic mass is 35.5. The summed E-state index contributed by atoms with van der Waals surface area (Å²) in [6.07, 6.45) is 1.70. The molecule has 0 bridgehead atoms. The number of methoxy groups -OCH3 is 1. The minimum absolute atomic E-state index is 0.244. The van der Waals surface area contributed by atoms with Crippen molar-refractivity contribution in [3.8, 4) is 5.75 Å². The van der Waals surface area contributed by atoms with Crippen LogP contribution in [0.15, 0.2) is 84.9 Å². The fourth-order valence-corrected chi connectivity index (χ4v) is 3.78. The van der Waals surface area contributed by atoms with Gasteiger partial charge in [0.1, 0.15) is 5.75 Å². The maximum atomic E-state index is 7.00. The van der Waals surface area contributed by atoms with Gasteiger partial charge in [-0.05, 0) is 48.6 Å². The standard InChI is InChI=1S/C24H25ClO/c1-24(25,17-19-9-5-3-6-10-19)18-23(20-11-7-4-8-12-20)21-13-15-22(26-2)16-14-21/h3-16,23H,17-18H2,1-2H3. The normalized spacial score (nSPS) is 14.4. The summed E-state index contributed by atoms with van der Waals surface area (Å²) in [6.45, 7) is 2.14. The first-order valence-corrected chi connectivity index (χ1v) is 9.37. The van der Waals surface area contributed by atoms with E-state index in [-0.39, 0.29) is 10.8 Å². The molecule has 2 unspecified atom stereocenters. The van der Waals surface area contributed by atoms with Crippen LogP contribution in [0, 0.1) is 0 Å². The van der Waals surface area contributed by atoms with Crippen LogP contribution in [0.2, 0.25) is 0 Å². The monoisotopic (exact) mass is 364 g/mol. The summed E-state index contributed by atoms with van der Waals surface area (Å²) >= 11 is 7.00. The van der Waals surface area contributed by atoms with E-state index in [2.05, 4.69) is 73.7 Å². The number of hydrogen-bond donors (Lipinski definition) is 0. The Bertz CT molecular complexity index is 795. The molecule has 0 heterocycles. The Kier molecular flexibility index (Phi) is 6.00. The van der Waals surface area contributed by atoms with Gasteiger partial charge >= 0.3 is 0 Å². The number of ether oxygens (including phenoxy) is 1. The molecular formula is C24H25ClO. The van der Waals surface area contributed by atoms with Gasteiger partial charge in [0.05, 0.1) is 7.11 Å². The van der Waals surface area contributed by atoms with Crippen LogP contribution >= 0.6 is 11.6 Å². The van der Waals surface area contributed by atoms with Gasteiger partial charge in [-0.3, -0.25) is 0 Å². The predicted octanol–water partition coefficient (Wildman–Crippen LogP) is 6.46. The number of rotatable bonds is 7. The van der Waals surface area contributed by atoms with Crippen molar-refractivity contribution in [2.24, 2.45) is 0 Å². The highest BCUT2D eigenvalue weighted by Crippen LogP contribution is 2.37. The van der Waals surface area contributed by atoms with Crippen molar-refractivity contribution in [2.75, 3.05) is 7.11 Å². The molecule has 0 aliphatic heterocycles. The van der Waals surface area contributed by atoms with Crippen LogP contribution in [0.5, 0.6) is 5.75 Å². The molecule has 0 amide bonds. The SMILES string of the molecule is COc1ccc(C(CC(C)(Cl)Cc2ccccc2)c2ccccc2)cc1. The van der Waals surface area contributed by atoms with Crippen molar-refractivity contribution in [2.45, 2.75) is 30.6 Å². The maximum Gasteiger partial charge on any atom is 0.118 e. The third-order valence-electron chi connectivity index (χ3n) is 4.77. The topological polar surface area (TPSA) is 9.23 Å². The lowest BCUT2D eigenvalue weighted by atomic mass is 9.82. The van der Waals surface area contributed by atoms with Crippen molar-refractivity contribution in [1.29, 1.82) is 0 Å². The van der Waals surface area contributed by atoms with E-state index in [1.165, 1.54) is 16.7 Å². The third kappa shape index (κ3) is 4.89. The molecule has 0 saturated heterocycles. The second-order valence-corrected chi connectivity index (χ2v) is 7.93. The van der Waals surface area contributed by atoms with Gasteiger partial charge in [0.2, 0.25) is 0 Å². The quantitative estimate of drug-likeness (QED) is 0.437. The van der Waals surface area contributed by atoms with Gasteiger partial charge < -0.3 is 4.74 Å². The average Bonchev–Trinajstić information content (AvgIpc) is 2.67. The van der Waals surface area contributed by atoms with Gasteiger partial charge in [0.15, 0.2) is 0 Å². The van der Waals surface area contributed by atoms with E-state index >= 15 is 0 Å². The summed E-state index contributed by atoms with van der Waals surface area (Å²) < 4.78 is 5.31. The van der Waals surface area contributed by atoms with Crippen molar-refractivity contribution in [3.05, 3.63) is 102 Å². The van der Waals surface area contributed by atoms with Crippen LogP contribution in [0.25, 0.3) is 0 Å². The molecule has 3 rings (SSSR count). The second kappa shape index (κ2) is 8.42. The largest absolute Gasteiger partial charge is 0.497 e. The van der Waals surface area contributed by atoms with E-state index in [0.717, 1.165) is 18.6 Å². The average molecular weight is 365 g/mol. The van der Waals surface area contributed by atoms with E-state index in [9.17, 15) is 0 Å². The van der Waals surface area contributed by atoms with Gasteiger partial charge in [0, 0.05) is 10.8 Å². The summed E-state index contributed by atoms with van der Waals surface area (Å²) in [4.78, 5) is -0.332. The number of hydrogen-bond acceptors (Lipinski definition) is 1. The fraction of sp³-hybridized carbons (Fsp3) is 0.250. The molecule has 0 saturated carbocycles. The highest BCUT2D eigenvalue weighted by Gasteiger charge is 2.28. The lowest BCUT2D eigenvalue weighted by molar-refractivity contribution is 0.414. The summed E-state index contributed by atoms with van der Waals surface area (Å²) in [5.41, 5.74) is 3.82. The Balaban J connectivity index is 1.87. The summed E-state index contributed by atoms with van der Waals surface area (Å²) in [6, 6.07) is 29.4. The van der Waals surface area contributed by atoms with Crippen LogP contribution in [0.1, 0.15) is 36.0 Å². The summed E-state index contributed by atoms with van der Waals surface area (Å²) in [5, 5.41) is 0. The predicted molar refractivity (Wildman–Crippen MR) is 110 cm³/mol. The Morgan fingerprint density at radius 2 is 1.35 bits per heavy atom. The molecule has 3 aromatic carbocycles. The lowest BCUT2D eigenvalue weighted by Crippen LogP contribution is -2.24. The van der Waals surface area contributed by atoms with E-state index in [1.807, 2.05) is 18.2 Å². The molecule has 1 nitrogen and oxygen atoms in total. The van der Waals surface area contributed by atoms with Crippen LogP contribution < -0.4 is 4.74 Å². The van der Waals surface area contributed by atoms with Gasteiger partial charge in [-0.1, -0.05) is 72.8 Å². The Hall–Kier alpha value is -2.25. The number of alkyl halides is 1. The zero-order chi connectivity index (χ0) is 18.4. The molecule has 0 fully saturated rings.